The lowest BCUT2D eigenvalue weighted by atomic mass is 9.85. The predicted molar refractivity (Wildman–Crippen MR) is 155 cm³/mol. The zero-order valence-corrected chi connectivity index (χ0v) is 24.0. The van der Waals surface area contributed by atoms with Crippen LogP contribution >= 0.6 is 11.6 Å². The van der Waals surface area contributed by atoms with Gasteiger partial charge in [0.05, 0.1) is 36.4 Å². The van der Waals surface area contributed by atoms with E-state index >= 15 is 0 Å². The van der Waals surface area contributed by atoms with E-state index in [1.807, 2.05) is 55.4 Å². The zero-order chi connectivity index (χ0) is 28.6. The van der Waals surface area contributed by atoms with Gasteiger partial charge in [0.2, 0.25) is 0 Å². The first-order valence-corrected chi connectivity index (χ1v) is 12.9. The quantitative estimate of drug-likeness (QED) is 0.220. The maximum Gasteiger partial charge on any atom is 0.300 e. The van der Waals surface area contributed by atoms with Crippen molar-refractivity contribution in [3.8, 4) is 11.5 Å². The molecule has 1 N–H and O–H groups in total. The second kappa shape index (κ2) is 10.7. The number of aliphatic hydroxyl groups excluding tert-OH is 1. The first-order valence-electron chi connectivity index (χ1n) is 12.5. The van der Waals surface area contributed by atoms with E-state index in [1.54, 1.807) is 12.1 Å². The lowest BCUT2D eigenvalue weighted by Crippen LogP contribution is -2.29. The Hall–Kier alpha value is -3.97. The van der Waals surface area contributed by atoms with E-state index < -0.39 is 17.7 Å². The fourth-order valence-electron chi connectivity index (χ4n) is 4.68. The van der Waals surface area contributed by atoms with E-state index in [1.165, 1.54) is 31.3 Å². The molecule has 1 heterocycles. The molecule has 0 radical (unpaired) electrons. The molecule has 1 fully saturated rings. The molecule has 0 saturated carbocycles. The summed E-state index contributed by atoms with van der Waals surface area (Å²) in [6.07, 6.45) is 0. The highest BCUT2D eigenvalue weighted by Crippen LogP contribution is 2.45. The van der Waals surface area contributed by atoms with Gasteiger partial charge in [-0.05, 0) is 46.9 Å². The molecule has 1 atom stereocenters. The highest BCUT2D eigenvalue weighted by Gasteiger charge is 2.47. The van der Waals surface area contributed by atoms with Crippen molar-refractivity contribution >= 4 is 40.4 Å². The molecule has 1 saturated heterocycles. The van der Waals surface area contributed by atoms with Crippen molar-refractivity contribution in [3.63, 3.8) is 0 Å². The van der Waals surface area contributed by atoms with Crippen LogP contribution in [-0.2, 0) is 15.0 Å². The van der Waals surface area contributed by atoms with Crippen LogP contribution in [0.2, 0.25) is 5.02 Å². The number of halogens is 1. The summed E-state index contributed by atoms with van der Waals surface area (Å²) in [4.78, 5) is 30.5. The second-order valence-electron chi connectivity index (χ2n) is 10.6. The van der Waals surface area contributed by atoms with Gasteiger partial charge in [0.15, 0.2) is 0 Å². The first-order chi connectivity index (χ1) is 18.4. The first kappa shape index (κ1) is 28.0. The van der Waals surface area contributed by atoms with Gasteiger partial charge in [0.1, 0.15) is 17.3 Å². The molecule has 0 aromatic heterocycles. The molecular weight excluding hydrogens is 516 g/mol. The summed E-state index contributed by atoms with van der Waals surface area (Å²) in [7, 11) is 6.73. The summed E-state index contributed by atoms with van der Waals surface area (Å²) in [6, 6.07) is 17.2. The third-order valence-corrected chi connectivity index (χ3v) is 7.21. The zero-order valence-electron chi connectivity index (χ0n) is 23.2. The van der Waals surface area contributed by atoms with Gasteiger partial charge in [-0.15, -0.1) is 0 Å². The van der Waals surface area contributed by atoms with Gasteiger partial charge in [0, 0.05) is 31.5 Å². The monoisotopic (exact) mass is 548 g/mol. The fourth-order valence-corrected chi connectivity index (χ4v) is 4.91. The smallest absolute Gasteiger partial charge is 0.300 e. The summed E-state index contributed by atoms with van der Waals surface area (Å²) in [5.74, 6) is -1.39. The van der Waals surface area contributed by atoms with Gasteiger partial charge in [-0.25, -0.2) is 0 Å². The molecule has 0 spiro atoms. The van der Waals surface area contributed by atoms with Crippen LogP contribution in [-0.4, -0.2) is 45.1 Å². The number of hydrogen-bond acceptors (Lipinski definition) is 6. The topological polar surface area (TPSA) is 79.3 Å². The minimum Gasteiger partial charge on any atom is -0.507 e. The molecular formula is C31H33ClN2O5. The number of hydrogen-bond donors (Lipinski definition) is 1. The van der Waals surface area contributed by atoms with Crippen molar-refractivity contribution in [1.82, 2.24) is 0 Å². The summed E-state index contributed by atoms with van der Waals surface area (Å²) in [5, 5.41) is 11.9. The summed E-state index contributed by atoms with van der Waals surface area (Å²) in [5.41, 5.74) is 3.31. The minimum absolute atomic E-state index is 0.0529. The Labute approximate surface area is 234 Å². The van der Waals surface area contributed by atoms with Gasteiger partial charge in [0.25, 0.3) is 11.7 Å². The highest BCUT2D eigenvalue weighted by molar-refractivity contribution is 6.51. The van der Waals surface area contributed by atoms with Crippen LogP contribution in [0, 0.1) is 0 Å². The van der Waals surface area contributed by atoms with Crippen molar-refractivity contribution in [2.45, 2.75) is 32.2 Å². The van der Waals surface area contributed by atoms with Crippen LogP contribution in [0.1, 0.15) is 43.5 Å². The lowest BCUT2D eigenvalue weighted by molar-refractivity contribution is -0.132. The molecule has 1 aliphatic rings. The number of anilines is 2. The summed E-state index contributed by atoms with van der Waals surface area (Å²) < 4.78 is 10.8. The lowest BCUT2D eigenvalue weighted by Gasteiger charge is -2.27. The summed E-state index contributed by atoms with van der Waals surface area (Å²) in [6.45, 7) is 6.34. The van der Waals surface area contributed by atoms with E-state index in [4.69, 9.17) is 21.1 Å². The van der Waals surface area contributed by atoms with Crippen LogP contribution < -0.4 is 19.3 Å². The molecule has 0 aliphatic carbocycles. The molecule has 7 nitrogen and oxygen atoms in total. The molecule has 8 heteroatoms. The molecule has 1 amide bonds. The molecule has 1 unspecified atom stereocenters. The number of benzene rings is 3. The Morgan fingerprint density at radius 3 is 2.03 bits per heavy atom. The van der Waals surface area contributed by atoms with Crippen molar-refractivity contribution in [1.29, 1.82) is 0 Å². The predicted octanol–water partition coefficient (Wildman–Crippen LogP) is 6.35. The average molecular weight is 549 g/mol. The number of aliphatic hydroxyl groups is 1. The van der Waals surface area contributed by atoms with E-state index in [-0.39, 0.29) is 33.1 Å². The number of ether oxygens (including phenoxy) is 2. The number of ketones is 1. The van der Waals surface area contributed by atoms with Crippen molar-refractivity contribution in [2.24, 2.45) is 0 Å². The van der Waals surface area contributed by atoms with Crippen molar-refractivity contribution in [2.75, 3.05) is 38.1 Å². The Balaban J connectivity index is 1.97. The molecule has 3 aromatic rings. The van der Waals surface area contributed by atoms with E-state index in [2.05, 4.69) is 20.8 Å². The number of amides is 1. The van der Waals surface area contributed by atoms with Gasteiger partial charge >= 0.3 is 0 Å². The van der Waals surface area contributed by atoms with Crippen molar-refractivity contribution in [3.05, 3.63) is 87.9 Å². The second-order valence-corrected chi connectivity index (χ2v) is 11.0. The fraction of sp³-hybridized carbons (Fsp3) is 0.290. The summed E-state index contributed by atoms with van der Waals surface area (Å²) >= 11 is 6.28. The Morgan fingerprint density at radius 2 is 1.51 bits per heavy atom. The normalized spacial score (nSPS) is 16.9. The standard InChI is InChI=1S/C31H33ClN2O5/c1-31(2,3)19-10-8-18(9-11-19)27-26(28(35)22-16-25(39-7)23(32)17-24(22)38-6)29(36)30(37)34(27)21-14-12-20(13-15-21)33(4)5/h8-17,27,35H,1-7H3/b28-26+. The van der Waals surface area contributed by atoms with Crippen molar-refractivity contribution < 1.29 is 24.2 Å². The Bertz CT molecular complexity index is 1440. The number of methoxy groups -OCH3 is 2. The Kier molecular flexibility index (Phi) is 7.66. The van der Waals surface area contributed by atoms with Crippen LogP contribution in [0.4, 0.5) is 11.4 Å². The van der Waals surface area contributed by atoms with E-state index in [9.17, 15) is 14.7 Å². The number of nitrogens with zero attached hydrogens (tertiary/aromatic N) is 2. The largest absolute Gasteiger partial charge is 0.507 e. The number of rotatable bonds is 6. The molecule has 4 rings (SSSR count). The van der Waals surface area contributed by atoms with Crippen LogP contribution in [0.15, 0.2) is 66.2 Å². The molecule has 3 aromatic carbocycles. The minimum atomic E-state index is -0.879. The number of Topliss-reactive ketones (excluding diaryl/α,β-unsaturated/α-hetero) is 1. The number of carbonyl (C=O) groups is 2. The maximum atomic E-state index is 13.6. The molecule has 0 bridgehead atoms. The molecule has 39 heavy (non-hydrogen) atoms. The van der Waals surface area contributed by atoms with Gasteiger partial charge in [-0.1, -0.05) is 56.6 Å². The maximum absolute atomic E-state index is 13.6. The van der Waals surface area contributed by atoms with Crippen LogP contribution in [0.5, 0.6) is 11.5 Å². The highest BCUT2D eigenvalue weighted by atomic mass is 35.5. The number of carbonyl (C=O) groups excluding carboxylic acids is 2. The molecule has 1 aliphatic heterocycles. The van der Waals surface area contributed by atoms with Crippen LogP contribution in [0.25, 0.3) is 5.76 Å². The van der Waals surface area contributed by atoms with Gasteiger partial charge in [-0.3, -0.25) is 14.5 Å². The third-order valence-electron chi connectivity index (χ3n) is 6.91. The Morgan fingerprint density at radius 1 is 0.923 bits per heavy atom. The average Bonchev–Trinajstić information content (AvgIpc) is 3.17. The van der Waals surface area contributed by atoms with E-state index in [0.717, 1.165) is 11.3 Å². The van der Waals surface area contributed by atoms with Gasteiger partial charge < -0.3 is 19.5 Å². The van der Waals surface area contributed by atoms with Gasteiger partial charge in [-0.2, -0.15) is 0 Å². The molecule has 204 valence electrons. The SMILES string of the molecule is COc1cc(/C(O)=C2\C(=O)C(=O)N(c3ccc(N(C)C)cc3)C2c2ccc(C(C)(C)C)cc2)c(OC)cc1Cl. The van der Waals surface area contributed by atoms with E-state index in [0.29, 0.717) is 17.0 Å². The van der Waals surface area contributed by atoms with Crippen LogP contribution in [0.3, 0.4) is 0 Å². The third kappa shape index (κ3) is 5.19.